The summed E-state index contributed by atoms with van der Waals surface area (Å²) in [6.45, 7) is 1.83. The van der Waals surface area contributed by atoms with Gasteiger partial charge in [0.15, 0.2) is 0 Å². The van der Waals surface area contributed by atoms with Gasteiger partial charge in [-0.05, 0) is 30.8 Å². The third-order valence-electron chi connectivity index (χ3n) is 2.45. The third-order valence-corrected chi connectivity index (χ3v) is 3.14. The molecule has 1 aromatic rings. The van der Waals surface area contributed by atoms with E-state index in [0.29, 0.717) is 6.04 Å². The van der Waals surface area contributed by atoms with Crippen LogP contribution >= 0.6 is 11.3 Å². The van der Waals surface area contributed by atoms with Crippen LogP contribution in [0.25, 0.3) is 0 Å². The Morgan fingerprint density at radius 2 is 2.64 bits per heavy atom. The lowest BCUT2D eigenvalue weighted by Gasteiger charge is -2.10. The van der Waals surface area contributed by atoms with Gasteiger partial charge in [-0.25, -0.2) is 0 Å². The van der Waals surface area contributed by atoms with Crippen molar-refractivity contribution in [3.05, 3.63) is 22.4 Å². The highest BCUT2D eigenvalue weighted by Crippen LogP contribution is 2.06. The summed E-state index contributed by atoms with van der Waals surface area (Å²) < 4.78 is 0. The largest absolute Gasteiger partial charge is 0.350 e. The smallest absolute Gasteiger partial charge is 0.252 e. The quantitative estimate of drug-likeness (QED) is 0.788. The van der Waals surface area contributed by atoms with Crippen molar-refractivity contribution in [2.45, 2.75) is 18.9 Å². The topological polar surface area (TPSA) is 41.1 Å². The fourth-order valence-corrected chi connectivity index (χ4v) is 2.28. The van der Waals surface area contributed by atoms with Crippen LogP contribution in [0.3, 0.4) is 0 Å². The van der Waals surface area contributed by atoms with Crippen LogP contribution in [-0.2, 0) is 0 Å². The highest BCUT2D eigenvalue weighted by molar-refractivity contribution is 7.08. The lowest BCUT2D eigenvalue weighted by atomic mass is 10.2. The molecular weight excluding hydrogens is 196 g/mol. The van der Waals surface area contributed by atoms with Crippen LogP contribution in [0, 0.1) is 0 Å². The molecule has 76 valence electrons. The van der Waals surface area contributed by atoms with E-state index in [1.54, 1.807) is 11.3 Å². The highest BCUT2D eigenvalue weighted by Gasteiger charge is 2.15. The minimum atomic E-state index is 0.0416. The second kappa shape index (κ2) is 4.57. The van der Waals surface area contributed by atoms with Crippen molar-refractivity contribution in [1.82, 2.24) is 10.6 Å². The monoisotopic (exact) mass is 210 g/mol. The van der Waals surface area contributed by atoms with Crippen molar-refractivity contribution in [3.8, 4) is 0 Å². The van der Waals surface area contributed by atoms with Crippen LogP contribution in [0.4, 0.5) is 0 Å². The molecule has 1 amide bonds. The summed E-state index contributed by atoms with van der Waals surface area (Å²) in [5, 5.41) is 10.1. The number of hydrogen-bond donors (Lipinski definition) is 2. The molecule has 4 heteroatoms. The summed E-state index contributed by atoms with van der Waals surface area (Å²) in [7, 11) is 0. The van der Waals surface area contributed by atoms with E-state index in [2.05, 4.69) is 10.6 Å². The van der Waals surface area contributed by atoms with Gasteiger partial charge in [-0.3, -0.25) is 4.79 Å². The van der Waals surface area contributed by atoms with Gasteiger partial charge in [0.1, 0.15) is 0 Å². The van der Waals surface area contributed by atoms with Gasteiger partial charge in [-0.2, -0.15) is 11.3 Å². The second-order valence-electron chi connectivity index (χ2n) is 3.52. The Kier molecular flexibility index (Phi) is 3.16. The average molecular weight is 210 g/mol. The summed E-state index contributed by atoms with van der Waals surface area (Å²) in [4.78, 5) is 11.5. The zero-order chi connectivity index (χ0) is 9.80. The number of carbonyl (C=O) groups excluding carboxylic acids is 1. The lowest BCUT2D eigenvalue weighted by Crippen LogP contribution is -2.36. The number of carbonyl (C=O) groups is 1. The molecule has 1 aromatic heterocycles. The Labute approximate surface area is 87.5 Å². The van der Waals surface area contributed by atoms with Gasteiger partial charge in [-0.1, -0.05) is 0 Å². The fourth-order valence-electron chi connectivity index (χ4n) is 1.64. The molecule has 0 aliphatic carbocycles. The molecule has 0 unspecified atom stereocenters. The van der Waals surface area contributed by atoms with Gasteiger partial charge in [0.05, 0.1) is 0 Å². The van der Waals surface area contributed by atoms with Crippen LogP contribution in [0.15, 0.2) is 16.8 Å². The maximum atomic E-state index is 11.5. The SMILES string of the molecule is O=C(NC[C@@H]1CCCN1)c1ccsc1. The minimum absolute atomic E-state index is 0.0416. The Hall–Kier alpha value is -0.870. The van der Waals surface area contributed by atoms with E-state index >= 15 is 0 Å². The van der Waals surface area contributed by atoms with Gasteiger partial charge < -0.3 is 10.6 Å². The molecule has 1 saturated heterocycles. The predicted molar refractivity (Wildman–Crippen MR) is 57.7 cm³/mol. The maximum Gasteiger partial charge on any atom is 0.252 e. The molecule has 2 rings (SSSR count). The molecule has 1 fully saturated rings. The molecule has 0 radical (unpaired) electrons. The zero-order valence-electron chi connectivity index (χ0n) is 7.95. The van der Waals surface area contributed by atoms with E-state index < -0.39 is 0 Å². The van der Waals surface area contributed by atoms with Crippen LogP contribution in [0.5, 0.6) is 0 Å². The van der Waals surface area contributed by atoms with E-state index in [1.165, 1.54) is 12.8 Å². The second-order valence-corrected chi connectivity index (χ2v) is 4.30. The highest BCUT2D eigenvalue weighted by atomic mass is 32.1. The molecule has 0 aromatic carbocycles. The summed E-state index contributed by atoms with van der Waals surface area (Å²) >= 11 is 1.55. The number of hydrogen-bond acceptors (Lipinski definition) is 3. The first kappa shape index (κ1) is 9.68. The van der Waals surface area contributed by atoms with E-state index in [0.717, 1.165) is 18.7 Å². The van der Waals surface area contributed by atoms with Crippen molar-refractivity contribution in [1.29, 1.82) is 0 Å². The third kappa shape index (κ3) is 2.33. The van der Waals surface area contributed by atoms with Gasteiger partial charge in [0.25, 0.3) is 5.91 Å². The summed E-state index contributed by atoms with van der Waals surface area (Å²) in [5.74, 6) is 0.0416. The molecule has 2 N–H and O–H groups in total. The fraction of sp³-hybridized carbons (Fsp3) is 0.500. The van der Waals surface area contributed by atoms with E-state index in [4.69, 9.17) is 0 Å². The first-order valence-electron chi connectivity index (χ1n) is 4.90. The van der Waals surface area contributed by atoms with Crippen molar-refractivity contribution < 1.29 is 4.79 Å². The molecule has 1 atom stereocenters. The Morgan fingerprint density at radius 3 is 3.29 bits per heavy atom. The first-order valence-corrected chi connectivity index (χ1v) is 5.84. The molecule has 0 saturated carbocycles. The normalized spacial score (nSPS) is 21.0. The molecule has 1 aliphatic rings. The zero-order valence-corrected chi connectivity index (χ0v) is 8.77. The van der Waals surface area contributed by atoms with Crippen LogP contribution < -0.4 is 10.6 Å². The Bertz CT molecular complexity index is 291. The molecular formula is C10H14N2OS. The lowest BCUT2D eigenvalue weighted by molar-refractivity contribution is 0.0951. The van der Waals surface area contributed by atoms with E-state index in [1.807, 2.05) is 16.8 Å². The van der Waals surface area contributed by atoms with Crippen molar-refractivity contribution in [2.24, 2.45) is 0 Å². The summed E-state index contributed by atoms with van der Waals surface area (Å²) in [6.07, 6.45) is 2.39. The van der Waals surface area contributed by atoms with Crippen LogP contribution in [0.2, 0.25) is 0 Å². The van der Waals surface area contributed by atoms with Crippen molar-refractivity contribution in [3.63, 3.8) is 0 Å². The molecule has 14 heavy (non-hydrogen) atoms. The molecule has 3 nitrogen and oxygen atoms in total. The summed E-state index contributed by atoms with van der Waals surface area (Å²) in [6, 6.07) is 2.32. The van der Waals surface area contributed by atoms with Crippen LogP contribution in [0.1, 0.15) is 23.2 Å². The number of thiophene rings is 1. The van der Waals surface area contributed by atoms with Crippen molar-refractivity contribution in [2.75, 3.05) is 13.1 Å². The first-order chi connectivity index (χ1) is 6.86. The molecule has 0 bridgehead atoms. The van der Waals surface area contributed by atoms with Crippen LogP contribution in [-0.4, -0.2) is 25.0 Å². The maximum absolute atomic E-state index is 11.5. The van der Waals surface area contributed by atoms with Gasteiger partial charge >= 0.3 is 0 Å². The van der Waals surface area contributed by atoms with Gasteiger partial charge in [-0.15, -0.1) is 0 Å². The molecule has 0 spiro atoms. The van der Waals surface area contributed by atoms with Crippen molar-refractivity contribution >= 4 is 17.2 Å². The summed E-state index contributed by atoms with van der Waals surface area (Å²) in [5.41, 5.74) is 0.771. The van der Waals surface area contributed by atoms with Gasteiger partial charge in [0, 0.05) is 23.5 Å². The standard InChI is InChI=1S/C10H14N2OS/c13-10(8-3-5-14-7-8)12-6-9-2-1-4-11-9/h3,5,7,9,11H,1-2,4,6H2,(H,12,13)/t9-/m0/s1. The van der Waals surface area contributed by atoms with E-state index in [-0.39, 0.29) is 5.91 Å². The number of nitrogens with one attached hydrogen (secondary N) is 2. The minimum Gasteiger partial charge on any atom is -0.350 e. The van der Waals surface area contributed by atoms with E-state index in [9.17, 15) is 4.79 Å². The predicted octanol–water partition coefficient (Wildman–Crippen LogP) is 1.23. The number of amides is 1. The molecule has 1 aliphatic heterocycles. The Balaban J connectivity index is 1.78. The van der Waals surface area contributed by atoms with Gasteiger partial charge in [0.2, 0.25) is 0 Å². The molecule has 2 heterocycles. The average Bonchev–Trinajstić information content (AvgIpc) is 2.87. The number of rotatable bonds is 3. The Morgan fingerprint density at radius 1 is 1.71 bits per heavy atom.